The highest BCUT2D eigenvalue weighted by molar-refractivity contribution is 7.89. The number of alkyl halides is 3. The number of hydrogen-bond donors (Lipinski definition) is 1. The van der Waals surface area contributed by atoms with Crippen LogP contribution in [0.5, 0.6) is 0 Å². The van der Waals surface area contributed by atoms with Crippen LogP contribution in [0, 0.1) is 0 Å². The maximum Gasteiger partial charge on any atom is 0.452 e. The zero-order valence-electron chi connectivity index (χ0n) is 15.6. The average Bonchev–Trinajstić information content (AvgIpc) is 3.02. The molecule has 0 aliphatic heterocycles. The molecule has 0 amide bonds. The number of hydrogen-bond acceptors (Lipinski definition) is 4. The van der Waals surface area contributed by atoms with E-state index in [4.69, 9.17) is 0 Å². The van der Waals surface area contributed by atoms with E-state index >= 15 is 0 Å². The van der Waals surface area contributed by atoms with Crippen LogP contribution >= 0.6 is 0 Å². The number of halogens is 3. The fourth-order valence-corrected chi connectivity index (χ4v) is 5.12. The second-order valence-electron chi connectivity index (χ2n) is 7.06. The van der Waals surface area contributed by atoms with Gasteiger partial charge >= 0.3 is 6.18 Å². The van der Waals surface area contributed by atoms with Gasteiger partial charge in [-0.15, -0.1) is 0 Å². The summed E-state index contributed by atoms with van der Waals surface area (Å²) in [5, 5.41) is 3.45. The Morgan fingerprint density at radius 1 is 1.14 bits per heavy atom. The molecule has 1 aromatic carbocycles. The van der Waals surface area contributed by atoms with Crippen molar-refractivity contribution in [3.8, 4) is 11.3 Å². The summed E-state index contributed by atoms with van der Waals surface area (Å²) in [6.45, 7) is 1.83. The molecule has 1 heterocycles. The molecule has 1 aliphatic rings. The number of benzene rings is 1. The van der Waals surface area contributed by atoms with Crippen molar-refractivity contribution in [2.75, 3.05) is 0 Å². The number of aromatic nitrogens is 1. The van der Waals surface area contributed by atoms with E-state index in [-0.39, 0.29) is 22.2 Å². The lowest BCUT2D eigenvalue weighted by Crippen LogP contribution is -2.34. The molecule has 154 valence electrons. The maximum atomic E-state index is 13.0. The predicted molar refractivity (Wildman–Crippen MR) is 98.1 cm³/mol. The van der Waals surface area contributed by atoms with E-state index < -0.39 is 22.0 Å². The summed E-state index contributed by atoms with van der Waals surface area (Å²) in [5.41, 5.74) is 0.808. The topological polar surface area (TPSA) is 72.2 Å². The van der Waals surface area contributed by atoms with Crippen molar-refractivity contribution in [2.24, 2.45) is 0 Å². The molecule has 1 fully saturated rings. The van der Waals surface area contributed by atoms with Gasteiger partial charge in [0.05, 0.1) is 4.90 Å². The lowest BCUT2D eigenvalue weighted by atomic mass is 10.1. The molecule has 2 aromatic rings. The van der Waals surface area contributed by atoms with Crippen LogP contribution in [0.25, 0.3) is 11.3 Å². The third-order valence-electron chi connectivity index (χ3n) is 5.00. The van der Waals surface area contributed by atoms with Gasteiger partial charge in [-0.3, -0.25) is 0 Å². The molecule has 1 aliphatic carbocycles. The molecule has 5 nitrogen and oxygen atoms in total. The Bertz CT molecular complexity index is 915. The standard InChI is InChI=1S/C19H23F3N2O3S/c1-2-13-9-10-14(16-12-18(27-23-16)19(20,21)22)11-17(13)28(25,26)24-15-7-5-3-4-6-8-15/h9-12,15,24H,2-8H2,1H3. The van der Waals surface area contributed by atoms with Gasteiger partial charge < -0.3 is 4.52 Å². The first-order chi connectivity index (χ1) is 13.2. The fourth-order valence-electron chi connectivity index (χ4n) is 3.48. The van der Waals surface area contributed by atoms with Crippen molar-refractivity contribution in [1.82, 2.24) is 9.88 Å². The van der Waals surface area contributed by atoms with Gasteiger partial charge in [-0.1, -0.05) is 49.9 Å². The van der Waals surface area contributed by atoms with Crippen molar-refractivity contribution in [3.05, 3.63) is 35.6 Å². The summed E-state index contributed by atoms with van der Waals surface area (Å²) in [7, 11) is -3.80. The molecule has 28 heavy (non-hydrogen) atoms. The van der Waals surface area contributed by atoms with Gasteiger partial charge in [0.2, 0.25) is 15.8 Å². The Balaban J connectivity index is 1.93. The van der Waals surface area contributed by atoms with Gasteiger partial charge in [0.15, 0.2) is 0 Å². The summed E-state index contributed by atoms with van der Waals surface area (Å²) in [4.78, 5) is 0.0771. The molecular weight excluding hydrogens is 393 g/mol. The zero-order valence-corrected chi connectivity index (χ0v) is 16.4. The van der Waals surface area contributed by atoms with E-state index in [0.717, 1.165) is 44.6 Å². The van der Waals surface area contributed by atoms with E-state index in [2.05, 4.69) is 14.4 Å². The Kier molecular flexibility index (Phi) is 6.14. The lowest BCUT2D eigenvalue weighted by Gasteiger charge is -2.18. The van der Waals surface area contributed by atoms with E-state index in [9.17, 15) is 21.6 Å². The number of nitrogens with one attached hydrogen (secondary N) is 1. The molecular formula is C19H23F3N2O3S. The molecule has 9 heteroatoms. The van der Waals surface area contributed by atoms with Crippen LogP contribution in [0.2, 0.25) is 0 Å². The smallest absolute Gasteiger partial charge is 0.351 e. The second kappa shape index (κ2) is 8.24. The minimum Gasteiger partial charge on any atom is -0.351 e. The Labute approximate surface area is 162 Å². The minimum atomic E-state index is -4.65. The van der Waals surface area contributed by atoms with Gasteiger partial charge in [-0.2, -0.15) is 13.2 Å². The highest BCUT2D eigenvalue weighted by Gasteiger charge is 2.36. The summed E-state index contributed by atoms with van der Waals surface area (Å²) >= 11 is 0. The van der Waals surface area contributed by atoms with Gasteiger partial charge in [-0.05, 0) is 30.9 Å². The summed E-state index contributed by atoms with van der Waals surface area (Å²) in [6, 6.07) is 5.19. The number of sulfonamides is 1. The molecule has 1 N–H and O–H groups in total. The molecule has 1 aromatic heterocycles. The van der Waals surface area contributed by atoms with Crippen LogP contribution in [0.1, 0.15) is 56.8 Å². The van der Waals surface area contributed by atoms with Crippen LogP contribution in [0.3, 0.4) is 0 Å². The zero-order chi connectivity index (χ0) is 20.4. The SMILES string of the molecule is CCc1ccc(-c2cc(C(F)(F)F)on2)cc1S(=O)(=O)NC1CCCCCC1. The molecule has 0 atom stereocenters. The number of nitrogens with zero attached hydrogens (tertiary/aromatic N) is 1. The quantitative estimate of drug-likeness (QED) is 0.702. The molecule has 0 unspecified atom stereocenters. The average molecular weight is 416 g/mol. The van der Waals surface area contributed by atoms with Gasteiger partial charge in [0, 0.05) is 17.7 Å². The summed E-state index contributed by atoms with van der Waals surface area (Å²) in [5.74, 6) is -1.22. The monoisotopic (exact) mass is 416 g/mol. The van der Waals surface area contributed by atoms with Crippen molar-refractivity contribution in [3.63, 3.8) is 0 Å². The highest BCUT2D eigenvalue weighted by Crippen LogP contribution is 2.33. The van der Waals surface area contributed by atoms with Crippen molar-refractivity contribution >= 4 is 10.0 Å². The first-order valence-electron chi connectivity index (χ1n) is 9.40. The van der Waals surface area contributed by atoms with E-state index in [1.54, 1.807) is 12.1 Å². The lowest BCUT2D eigenvalue weighted by molar-refractivity contribution is -0.155. The Hall–Kier alpha value is -1.87. The van der Waals surface area contributed by atoms with Crippen LogP contribution in [-0.2, 0) is 22.6 Å². The largest absolute Gasteiger partial charge is 0.452 e. The number of aryl methyl sites for hydroxylation is 1. The van der Waals surface area contributed by atoms with Gasteiger partial charge in [0.25, 0.3) is 0 Å². The molecule has 0 spiro atoms. The molecule has 1 saturated carbocycles. The maximum absolute atomic E-state index is 13.0. The molecule has 0 radical (unpaired) electrons. The van der Waals surface area contributed by atoms with Gasteiger partial charge in [-0.25, -0.2) is 13.1 Å². The third kappa shape index (κ3) is 4.75. The first-order valence-corrected chi connectivity index (χ1v) is 10.9. The Morgan fingerprint density at radius 3 is 2.39 bits per heavy atom. The van der Waals surface area contributed by atoms with Gasteiger partial charge in [0.1, 0.15) is 5.69 Å². The van der Waals surface area contributed by atoms with Crippen molar-refractivity contribution in [1.29, 1.82) is 0 Å². The van der Waals surface area contributed by atoms with E-state index in [1.807, 2.05) is 6.92 Å². The fraction of sp³-hybridized carbons (Fsp3) is 0.526. The Morgan fingerprint density at radius 2 is 1.82 bits per heavy atom. The highest BCUT2D eigenvalue weighted by atomic mass is 32.2. The van der Waals surface area contributed by atoms with E-state index in [1.165, 1.54) is 6.07 Å². The third-order valence-corrected chi connectivity index (χ3v) is 6.60. The minimum absolute atomic E-state index is 0.0547. The second-order valence-corrected chi connectivity index (χ2v) is 8.74. The van der Waals surface area contributed by atoms with E-state index in [0.29, 0.717) is 12.0 Å². The van der Waals surface area contributed by atoms with Crippen LogP contribution < -0.4 is 4.72 Å². The molecule has 3 rings (SSSR count). The van der Waals surface area contributed by atoms with Crippen LogP contribution in [0.4, 0.5) is 13.2 Å². The predicted octanol–water partition coefficient (Wildman–Crippen LogP) is 4.92. The first kappa shape index (κ1) is 20.9. The molecule has 0 saturated heterocycles. The summed E-state index contributed by atoms with van der Waals surface area (Å²) in [6.07, 6.45) is 1.57. The van der Waals surface area contributed by atoms with Crippen molar-refractivity contribution < 1.29 is 26.1 Å². The van der Waals surface area contributed by atoms with Crippen LogP contribution in [0.15, 0.2) is 33.7 Å². The van der Waals surface area contributed by atoms with Crippen LogP contribution in [-0.4, -0.2) is 19.6 Å². The summed E-state index contributed by atoms with van der Waals surface area (Å²) < 4.78 is 71.4. The normalized spacial score (nSPS) is 16.9. The molecule has 0 bridgehead atoms. The van der Waals surface area contributed by atoms with Crippen molar-refractivity contribution in [2.45, 2.75) is 69.0 Å². The number of rotatable bonds is 5.